The van der Waals surface area contributed by atoms with Gasteiger partial charge in [0.15, 0.2) is 11.1 Å². The minimum atomic E-state index is -0.809. The SMILES string of the molecule is COC(=O)C1([NH3+])CCOCC1.[Cl-].[Cl-].[NH3+]C1(C(=O)O)CCOCC1. The Kier molecular flexibility index (Phi) is 11.8. The lowest BCUT2D eigenvalue weighted by atomic mass is 9.92. The first kappa shape index (κ1) is 24.6. The summed E-state index contributed by atoms with van der Waals surface area (Å²) in [6.45, 7) is 2.27. The molecule has 23 heavy (non-hydrogen) atoms. The van der Waals surface area contributed by atoms with E-state index in [9.17, 15) is 9.59 Å². The Morgan fingerprint density at radius 3 is 1.52 bits per heavy atom. The molecule has 10 heteroatoms. The highest BCUT2D eigenvalue weighted by atomic mass is 35.5. The Bertz CT molecular complexity index is 371. The number of hydrogen-bond donors (Lipinski definition) is 3. The molecule has 2 heterocycles. The summed E-state index contributed by atoms with van der Waals surface area (Å²) < 4.78 is 14.8. The van der Waals surface area contributed by atoms with E-state index in [1.165, 1.54) is 7.11 Å². The van der Waals surface area contributed by atoms with E-state index in [0.29, 0.717) is 52.1 Å². The topological polar surface area (TPSA) is 137 Å². The van der Waals surface area contributed by atoms with Crippen LogP contribution in [-0.4, -0.2) is 61.7 Å². The minimum Gasteiger partial charge on any atom is -1.00 e. The molecule has 2 aliphatic rings. The Hall–Kier alpha value is -0.640. The predicted molar refractivity (Wildman–Crippen MR) is 71.0 cm³/mol. The molecule has 0 bridgehead atoms. The van der Waals surface area contributed by atoms with Crippen LogP contribution in [0.15, 0.2) is 0 Å². The molecule has 0 aliphatic carbocycles. The summed E-state index contributed by atoms with van der Waals surface area (Å²) in [5.41, 5.74) is 6.17. The van der Waals surface area contributed by atoms with Crippen molar-refractivity contribution in [3.8, 4) is 0 Å². The van der Waals surface area contributed by atoms with Crippen LogP contribution in [0.25, 0.3) is 0 Å². The summed E-state index contributed by atoms with van der Waals surface area (Å²) in [4.78, 5) is 21.7. The highest BCUT2D eigenvalue weighted by Crippen LogP contribution is 2.16. The third-order valence-corrected chi connectivity index (χ3v) is 3.97. The van der Waals surface area contributed by atoms with Crippen LogP contribution >= 0.6 is 0 Å². The summed E-state index contributed by atoms with van der Waals surface area (Å²) in [6.07, 6.45) is 2.39. The zero-order chi connectivity index (χ0) is 15.9. The first-order valence-corrected chi connectivity index (χ1v) is 7.02. The monoisotopic (exact) mass is 376 g/mol. The molecular formula is C13H26Cl2N2O6. The molecule has 0 amide bonds. The van der Waals surface area contributed by atoms with Crippen LogP contribution in [-0.2, 0) is 23.8 Å². The average molecular weight is 377 g/mol. The maximum atomic E-state index is 11.1. The second kappa shape index (κ2) is 11.0. The zero-order valence-corrected chi connectivity index (χ0v) is 14.8. The molecule has 0 radical (unpaired) electrons. The summed E-state index contributed by atoms with van der Waals surface area (Å²) in [7, 11) is 1.39. The Labute approximate surface area is 148 Å². The third-order valence-electron chi connectivity index (χ3n) is 3.97. The van der Waals surface area contributed by atoms with Crippen LogP contribution in [0.3, 0.4) is 0 Å². The molecule has 0 aromatic carbocycles. The van der Waals surface area contributed by atoms with Crippen molar-refractivity contribution in [2.75, 3.05) is 33.5 Å². The second-order valence-corrected chi connectivity index (χ2v) is 5.58. The highest BCUT2D eigenvalue weighted by molar-refractivity contribution is 5.78. The maximum absolute atomic E-state index is 11.1. The number of rotatable bonds is 2. The molecule has 0 spiro atoms. The molecule has 0 atom stereocenters. The number of methoxy groups -OCH3 is 1. The molecule has 7 N–H and O–H groups in total. The molecule has 0 unspecified atom stereocenters. The van der Waals surface area contributed by atoms with Gasteiger partial charge in [-0.1, -0.05) is 0 Å². The normalized spacial score (nSPS) is 21.3. The van der Waals surface area contributed by atoms with Crippen LogP contribution in [0, 0.1) is 0 Å². The lowest BCUT2D eigenvalue weighted by Crippen LogP contribution is -3.00. The van der Waals surface area contributed by atoms with Gasteiger partial charge in [-0.25, -0.2) is 9.59 Å². The van der Waals surface area contributed by atoms with Crippen molar-refractivity contribution in [1.82, 2.24) is 0 Å². The van der Waals surface area contributed by atoms with E-state index < -0.39 is 17.0 Å². The van der Waals surface area contributed by atoms with E-state index in [1.54, 1.807) is 0 Å². The number of carboxylic acids is 1. The largest absolute Gasteiger partial charge is 1.00 e. The fourth-order valence-electron chi connectivity index (χ4n) is 2.16. The van der Waals surface area contributed by atoms with Gasteiger partial charge in [-0.05, 0) is 0 Å². The van der Waals surface area contributed by atoms with Gasteiger partial charge in [-0.15, -0.1) is 0 Å². The van der Waals surface area contributed by atoms with Crippen molar-refractivity contribution in [2.45, 2.75) is 36.8 Å². The molecule has 2 aliphatic heterocycles. The number of quaternary nitrogens is 2. The van der Waals surface area contributed by atoms with E-state index in [-0.39, 0.29) is 30.8 Å². The molecule has 2 fully saturated rings. The van der Waals surface area contributed by atoms with Gasteiger partial charge in [-0.3, -0.25) is 0 Å². The number of carbonyl (C=O) groups excluding carboxylic acids is 1. The Morgan fingerprint density at radius 2 is 1.26 bits per heavy atom. The standard InChI is InChI=1S/C7H13NO3.C6H11NO3.2ClH/c1-10-6(9)7(8)2-4-11-5-3-7;7-6(5(8)9)1-3-10-4-2-6;;/h2-5,8H2,1H3;1-4,7H2,(H,8,9);2*1H. The fourth-order valence-corrected chi connectivity index (χ4v) is 2.16. The summed E-state index contributed by atoms with van der Waals surface area (Å²) in [5, 5.41) is 8.68. The van der Waals surface area contributed by atoms with Gasteiger partial charge >= 0.3 is 11.9 Å². The predicted octanol–water partition coefficient (Wildman–Crippen LogP) is -8.18. The number of aliphatic carboxylic acids is 1. The molecule has 0 aromatic heterocycles. The van der Waals surface area contributed by atoms with E-state index >= 15 is 0 Å². The van der Waals surface area contributed by atoms with Crippen LogP contribution in [0.1, 0.15) is 25.7 Å². The first-order valence-electron chi connectivity index (χ1n) is 7.02. The second-order valence-electron chi connectivity index (χ2n) is 5.58. The van der Waals surface area contributed by atoms with Gasteiger partial charge in [0.05, 0.1) is 33.5 Å². The number of ether oxygens (including phenoxy) is 3. The number of carboxylic acid groups (broad SMARTS) is 1. The molecule has 0 saturated carbocycles. The van der Waals surface area contributed by atoms with Gasteiger partial charge in [0.2, 0.25) is 0 Å². The average Bonchev–Trinajstić information content (AvgIpc) is 2.48. The van der Waals surface area contributed by atoms with E-state index in [1.807, 2.05) is 0 Å². The van der Waals surface area contributed by atoms with Crippen molar-refractivity contribution < 1.29 is 65.2 Å². The highest BCUT2D eigenvalue weighted by Gasteiger charge is 2.41. The van der Waals surface area contributed by atoms with Crippen molar-refractivity contribution in [3.63, 3.8) is 0 Å². The van der Waals surface area contributed by atoms with Crippen LogP contribution in [0.2, 0.25) is 0 Å². The lowest BCUT2D eigenvalue weighted by molar-refractivity contribution is -0.473. The van der Waals surface area contributed by atoms with Gasteiger partial charge in [0.25, 0.3) is 0 Å². The number of carbonyl (C=O) groups is 2. The first-order chi connectivity index (χ1) is 9.84. The zero-order valence-electron chi connectivity index (χ0n) is 13.3. The molecular weight excluding hydrogens is 351 g/mol. The fraction of sp³-hybridized carbons (Fsp3) is 0.846. The third kappa shape index (κ3) is 7.19. The molecule has 0 aromatic rings. The molecule has 138 valence electrons. The molecule has 2 saturated heterocycles. The number of hydrogen-bond acceptors (Lipinski definition) is 5. The van der Waals surface area contributed by atoms with Crippen LogP contribution in [0.4, 0.5) is 0 Å². The summed E-state index contributed by atoms with van der Waals surface area (Å²) in [5.74, 6) is -1.03. The van der Waals surface area contributed by atoms with Crippen LogP contribution in [0.5, 0.6) is 0 Å². The van der Waals surface area contributed by atoms with Gasteiger partial charge in [0.1, 0.15) is 0 Å². The molecule has 2 rings (SSSR count). The summed E-state index contributed by atoms with van der Waals surface area (Å²) >= 11 is 0. The van der Waals surface area contributed by atoms with Gasteiger partial charge in [-0.2, -0.15) is 0 Å². The van der Waals surface area contributed by atoms with Crippen molar-refractivity contribution in [2.24, 2.45) is 0 Å². The Balaban J connectivity index is 0. The lowest BCUT2D eigenvalue weighted by Gasteiger charge is -2.26. The van der Waals surface area contributed by atoms with Crippen molar-refractivity contribution in [1.29, 1.82) is 0 Å². The van der Waals surface area contributed by atoms with Gasteiger partial charge in [0, 0.05) is 25.7 Å². The quantitative estimate of drug-likeness (QED) is 0.409. The van der Waals surface area contributed by atoms with Gasteiger partial charge < -0.3 is 55.6 Å². The van der Waals surface area contributed by atoms with E-state index in [0.717, 1.165) is 0 Å². The maximum Gasteiger partial charge on any atom is 0.367 e. The van der Waals surface area contributed by atoms with Crippen LogP contribution < -0.4 is 36.3 Å². The number of halogens is 2. The smallest absolute Gasteiger partial charge is 0.367 e. The minimum absolute atomic E-state index is 0. The Morgan fingerprint density at radius 1 is 0.913 bits per heavy atom. The van der Waals surface area contributed by atoms with E-state index in [2.05, 4.69) is 16.2 Å². The van der Waals surface area contributed by atoms with Crippen molar-refractivity contribution >= 4 is 11.9 Å². The summed E-state index contributed by atoms with van der Waals surface area (Å²) in [6, 6.07) is 0. The van der Waals surface area contributed by atoms with E-state index in [4.69, 9.17) is 14.6 Å². The molecule has 8 nitrogen and oxygen atoms in total. The van der Waals surface area contributed by atoms with Crippen molar-refractivity contribution in [3.05, 3.63) is 0 Å². The number of esters is 1.